The first kappa shape index (κ1) is 32.9. The number of urea groups is 1. The van der Waals surface area contributed by atoms with Crippen molar-refractivity contribution >= 4 is 29.3 Å². The van der Waals surface area contributed by atoms with Crippen molar-refractivity contribution in [3.05, 3.63) is 100 Å². The molecule has 2 saturated heterocycles. The minimum atomic E-state index is -0.886. The van der Waals surface area contributed by atoms with Crippen LogP contribution in [0.5, 0.6) is 0 Å². The molecule has 3 aromatic carbocycles. The van der Waals surface area contributed by atoms with E-state index >= 15 is 0 Å². The molecule has 3 unspecified atom stereocenters. The highest BCUT2D eigenvalue weighted by molar-refractivity contribution is 6.30. The lowest BCUT2D eigenvalue weighted by molar-refractivity contribution is -0.253. The molecule has 2 aliphatic rings. The number of carbonyl (C=O) groups is 2. The van der Waals surface area contributed by atoms with Crippen molar-refractivity contribution < 1.29 is 34.0 Å². The molecular weight excluding hydrogens is 598 g/mol. The smallest absolute Gasteiger partial charge is 0.325 e. The van der Waals surface area contributed by atoms with Crippen LogP contribution in [0.2, 0.25) is 5.02 Å². The predicted octanol–water partition coefficient (Wildman–Crippen LogP) is 5.05. The standard InChI is InChI=1S/C34H40ClN3O7/c1-2-43-31(40)20-36-33(41)37-28-13-7-25(8-14-28)32-44-29(19-30(45-32)24-5-3-23(22-39)4-6-24)21-38-17-15-34(42,16-18-38)26-9-11-27(35)12-10-26/h3-14,29-30,32,39,42H,2,15-22H2,1H3,(H2,36,37,41). The molecule has 3 aromatic rings. The van der Waals surface area contributed by atoms with Crippen LogP contribution in [0.4, 0.5) is 10.5 Å². The Morgan fingerprint density at radius 2 is 1.64 bits per heavy atom. The quantitative estimate of drug-likeness (QED) is 0.228. The van der Waals surface area contributed by atoms with Gasteiger partial charge < -0.3 is 40.0 Å². The summed E-state index contributed by atoms with van der Waals surface area (Å²) < 4.78 is 17.8. The molecule has 5 rings (SSSR count). The summed E-state index contributed by atoms with van der Waals surface area (Å²) in [4.78, 5) is 26.0. The lowest BCUT2D eigenvalue weighted by Crippen LogP contribution is -2.46. The predicted molar refractivity (Wildman–Crippen MR) is 170 cm³/mol. The second kappa shape index (κ2) is 15.2. The molecule has 240 valence electrons. The Kier molecular flexibility index (Phi) is 11.1. The number of hydrogen-bond donors (Lipinski definition) is 4. The Bertz CT molecular complexity index is 1410. The highest BCUT2D eigenvalue weighted by atomic mass is 35.5. The lowest BCUT2D eigenvalue weighted by atomic mass is 9.84. The Balaban J connectivity index is 1.24. The van der Waals surface area contributed by atoms with Crippen LogP contribution in [0.15, 0.2) is 72.8 Å². The van der Waals surface area contributed by atoms with Crippen molar-refractivity contribution in [3.8, 4) is 0 Å². The van der Waals surface area contributed by atoms with Gasteiger partial charge in [0.1, 0.15) is 6.54 Å². The highest BCUT2D eigenvalue weighted by Crippen LogP contribution is 2.39. The van der Waals surface area contributed by atoms with Gasteiger partial charge in [0.15, 0.2) is 6.29 Å². The number of halogens is 1. The fraction of sp³-hybridized carbons (Fsp3) is 0.412. The average molecular weight is 638 g/mol. The normalized spacial score (nSPS) is 21.6. The Hall–Kier alpha value is -3.51. The number of hydrogen-bond acceptors (Lipinski definition) is 8. The number of piperidine rings is 1. The summed E-state index contributed by atoms with van der Waals surface area (Å²) >= 11 is 6.05. The molecule has 4 N–H and O–H groups in total. The molecule has 3 atom stereocenters. The Morgan fingerprint density at radius 3 is 2.29 bits per heavy atom. The van der Waals surface area contributed by atoms with Crippen molar-refractivity contribution in [2.24, 2.45) is 0 Å². The van der Waals surface area contributed by atoms with E-state index in [2.05, 4.69) is 15.5 Å². The van der Waals surface area contributed by atoms with Crippen LogP contribution in [0, 0.1) is 0 Å². The second-order valence-electron chi connectivity index (χ2n) is 11.4. The third-order valence-electron chi connectivity index (χ3n) is 8.28. The van der Waals surface area contributed by atoms with Crippen LogP contribution in [0.25, 0.3) is 0 Å². The van der Waals surface area contributed by atoms with E-state index in [1.165, 1.54) is 0 Å². The third kappa shape index (κ3) is 8.82. The number of nitrogens with one attached hydrogen (secondary N) is 2. The zero-order valence-electron chi connectivity index (χ0n) is 25.3. The fourth-order valence-corrected chi connectivity index (χ4v) is 5.86. The zero-order chi connectivity index (χ0) is 31.8. The third-order valence-corrected chi connectivity index (χ3v) is 8.53. The van der Waals surface area contributed by atoms with Gasteiger partial charge in [-0.2, -0.15) is 0 Å². The second-order valence-corrected chi connectivity index (χ2v) is 11.9. The van der Waals surface area contributed by atoms with E-state index in [9.17, 15) is 19.8 Å². The zero-order valence-corrected chi connectivity index (χ0v) is 26.0. The first-order chi connectivity index (χ1) is 21.7. The summed E-state index contributed by atoms with van der Waals surface area (Å²) in [5, 5.41) is 26.7. The molecule has 2 fully saturated rings. The van der Waals surface area contributed by atoms with E-state index < -0.39 is 23.9 Å². The van der Waals surface area contributed by atoms with Crippen molar-refractivity contribution in [2.75, 3.05) is 38.1 Å². The van der Waals surface area contributed by atoms with E-state index in [0.717, 1.165) is 35.3 Å². The van der Waals surface area contributed by atoms with Crippen LogP contribution >= 0.6 is 11.6 Å². The number of esters is 1. The Morgan fingerprint density at radius 1 is 0.978 bits per heavy atom. The average Bonchev–Trinajstić information content (AvgIpc) is 3.05. The van der Waals surface area contributed by atoms with Gasteiger partial charge >= 0.3 is 12.0 Å². The number of carbonyl (C=O) groups excluding carboxylic acids is 2. The number of benzene rings is 3. The molecule has 0 saturated carbocycles. The molecular formula is C34H40ClN3O7. The van der Waals surface area contributed by atoms with E-state index in [4.69, 9.17) is 25.8 Å². The van der Waals surface area contributed by atoms with E-state index in [-0.39, 0.29) is 32.0 Å². The van der Waals surface area contributed by atoms with Crippen molar-refractivity contribution in [1.29, 1.82) is 0 Å². The summed E-state index contributed by atoms with van der Waals surface area (Å²) in [6, 6.07) is 21.8. The van der Waals surface area contributed by atoms with Gasteiger partial charge in [-0.15, -0.1) is 0 Å². The first-order valence-corrected chi connectivity index (χ1v) is 15.6. The summed E-state index contributed by atoms with van der Waals surface area (Å²) in [5.41, 5.74) is 3.17. The monoisotopic (exact) mass is 637 g/mol. The maximum Gasteiger partial charge on any atom is 0.325 e. The number of anilines is 1. The molecule has 2 aliphatic heterocycles. The van der Waals surface area contributed by atoms with E-state index in [1.54, 1.807) is 19.1 Å². The molecule has 0 spiro atoms. The number of likely N-dealkylation sites (tertiary alicyclic amines) is 1. The van der Waals surface area contributed by atoms with Gasteiger partial charge in [0.2, 0.25) is 0 Å². The summed E-state index contributed by atoms with van der Waals surface area (Å²) in [7, 11) is 0. The largest absolute Gasteiger partial charge is 0.465 e. The SMILES string of the molecule is CCOC(=O)CNC(=O)Nc1ccc(C2OC(CN3CCC(O)(c4ccc(Cl)cc4)CC3)CC(c3ccc(CO)cc3)O2)cc1. The minimum absolute atomic E-state index is 0.0290. The number of aliphatic hydroxyl groups excluding tert-OH is 1. The maximum absolute atomic E-state index is 12.2. The van der Waals surface area contributed by atoms with Crippen LogP contribution in [0.3, 0.4) is 0 Å². The van der Waals surface area contributed by atoms with Crippen LogP contribution < -0.4 is 10.6 Å². The number of amides is 2. The fourth-order valence-electron chi connectivity index (χ4n) is 5.74. The van der Waals surface area contributed by atoms with Crippen LogP contribution in [-0.4, -0.2) is 66.0 Å². The van der Waals surface area contributed by atoms with Crippen molar-refractivity contribution in [2.45, 2.75) is 56.9 Å². The molecule has 0 aromatic heterocycles. The molecule has 45 heavy (non-hydrogen) atoms. The molecule has 10 nitrogen and oxygen atoms in total. The number of aliphatic hydroxyl groups is 2. The molecule has 2 amide bonds. The molecule has 0 radical (unpaired) electrons. The molecule has 0 bridgehead atoms. The number of rotatable bonds is 10. The number of ether oxygens (including phenoxy) is 3. The van der Waals surface area contributed by atoms with Crippen LogP contribution in [-0.2, 0) is 31.2 Å². The topological polar surface area (TPSA) is 130 Å². The lowest BCUT2D eigenvalue weighted by Gasteiger charge is -2.42. The van der Waals surface area contributed by atoms with Gasteiger partial charge in [-0.3, -0.25) is 4.79 Å². The van der Waals surface area contributed by atoms with Gasteiger partial charge in [0.25, 0.3) is 0 Å². The first-order valence-electron chi connectivity index (χ1n) is 15.3. The highest BCUT2D eigenvalue weighted by Gasteiger charge is 2.37. The number of nitrogens with zero attached hydrogens (tertiary/aromatic N) is 1. The summed E-state index contributed by atoms with van der Waals surface area (Å²) in [6.07, 6.45) is 0.842. The Labute approximate surface area is 268 Å². The van der Waals surface area contributed by atoms with Gasteiger partial charge in [-0.1, -0.05) is 60.1 Å². The van der Waals surface area contributed by atoms with Crippen LogP contribution in [0.1, 0.15) is 60.8 Å². The molecule has 0 aliphatic carbocycles. The van der Waals surface area contributed by atoms with Gasteiger partial charge in [0.05, 0.1) is 31.0 Å². The maximum atomic E-state index is 12.2. The summed E-state index contributed by atoms with van der Waals surface area (Å²) in [6.45, 7) is 3.82. The molecule has 2 heterocycles. The van der Waals surface area contributed by atoms with Crippen molar-refractivity contribution in [3.63, 3.8) is 0 Å². The van der Waals surface area contributed by atoms with E-state index in [1.807, 2.05) is 60.7 Å². The van der Waals surface area contributed by atoms with Gasteiger partial charge in [-0.25, -0.2) is 4.79 Å². The van der Waals surface area contributed by atoms with Crippen molar-refractivity contribution in [1.82, 2.24) is 10.2 Å². The summed E-state index contributed by atoms with van der Waals surface area (Å²) in [5.74, 6) is -0.508. The van der Waals surface area contributed by atoms with E-state index in [0.29, 0.717) is 36.5 Å². The molecule has 11 heteroatoms. The minimum Gasteiger partial charge on any atom is -0.465 e. The van der Waals surface area contributed by atoms with Gasteiger partial charge in [0, 0.05) is 42.3 Å². The van der Waals surface area contributed by atoms with Gasteiger partial charge in [-0.05, 0) is 60.7 Å².